The number of amides is 1. The lowest BCUT2D eigenvalue weighted by molar-refractivity contribution is -0.127. The normalized spacial score (nSPS) is 21.9. The average Bonchev–Trinajstić information content (AvgIpc) is 3.31. The molecule has 126 valence electrons. The van der Waals surface area contributed by atoms with Crippen molar-refractivity contribution in [2.24, 2.45) is 13.0 Å². The summed E-state index contributed by atoms with van der Waals surface area (Å²) in [5, 5.41) is 2.99. The first-order valence-corrected chi connectivity index (χ1v) is 7.97. The van der Waals surface area contributed by atoms with Crippen LogP contribution in [0, 0.1) is 5.92 Å². The number of imidazole rings is 1. The van der Waals surface area contributed by atoms with Gasteiger partial charge in [-0.3, -0.25) is 4.79 Å². The number of nitrogens with one attached hydrogen (secondary N) is 1. The minimum Gasteiger partial charge on any atom is -0.454 e. The molecule has 2 aliphatic rings. The molecular weight excluding hydrogens is 310 g/mol. The second kappa shape index (κ2) is 6.16. The van der Waals surface area contributed by atoms with Crippen molar-refractivity contribution >= 4 is 5.91 Å². The van der Waals surface area contributed by atoms with E-state index in [0.29, 0.717) is 19.6 Å². The molecule has 3 heterocycles. The molecule has 1 saturated heterocycles. The fourth-order valence-corrected chi connectivity index (χ4v) is 3.14. The minimum absolute atomic E-state index is 0.0156. The van der Waals surface area contributed by atoms with Crippen LogP contribution in [0.5, 0.6) is 11.5 Å². The van der Waals surface area contributed by atoms with Gasteiger partial charge in [0.25, 0.3) is 0 Å². The number of carbonyl (C=O) groups excluding carboxylic acids is 1. The largest absolute Gasteiger partial charge is 0.454 e. The van der Waals surface area contributed by atoms with E-state index in [1.165, 1.54) is 0 Å². The van der Waals surface area contributed by atoms with Gasteiger partial charge in [-0.1, -0.05) is 6.07 Å². The van der Waals surface area contributed by atoms with E-state index in [4.69, 9.17) is 14.2 Å². The van der Waals surface area contributed by atoms with Crippen molar-refractivity contribution in [3.05, 3.63) is 42.0 Å². The summed E-state index contributed by atoms with van der Waals surface area (Å²) in [6.07, 6.45) is 3.99. The van der Waals surface area contributed by atoms with Gasteiger partial charge in [-0.25, -0.2) is 4.98 Å². The second-order valence-electron chi connectivity index (χ2n) is 5.99. The van der Waals surface area contributed by atoms with Crippen molar-refractivity contribution in [1.82, 2.24) is 14.9 Å². The number of benzene rings is 1. The molecule has 1 aromatic carbocycles. The molecule has 0 saturated carbocycles. The van der Waals surface area contributed by atoms with Crippen LogP contribution >= 0.6 is 0 Å². The summed E-state index contributed by atoms with van der Waals surface area (Å²) in [6.45, 7) is 1.26. The summed E-state index contributed by atoms with van der Waals surface area (Å²) >= 11 is 0. The van der Waals surface area contributed by atoms with Crippen LogP contribution in [0.2, 0.25) is 0 Å². The van der Waals surface area contributed by atoms with Gasteiger partial charge in [-0.15, -0.1) is 0 Å². The average molecular weight is 329 g/mol. The summed E-state index contributed by atoms with van der Waals surface area (Å²) < 4.78 is 18.3. The molecule has 7 heteroatoms. The molecule has 2 aliphatic heterocycles. The Hall–Kier alpha value is -2.54. The van der Waals surface area contributed by atoms with Crippen LogP contribution in [-0.2, 0) is 23.1 Å². The Morgan fingerprint density at radius 3 is 3.08 bits per heavy atom. The number of aromatic nitrogens is 2. The Labute approximate surface area is 139 Å². The Kier molecular flexibility index (Phi) is 3.86. The van der Waals surface area contributed by atoms with Gasteiger partial charge in [-0.2, -0.15) is 0 Å². The number of hydrogen-bond donors (Lipinski definition) is 1. The smallest absolute Gasteiger partial charge is 0.231 e. The maximum atomic E-state index is 12.6. The molecule has 0 aliphatic carbocycles. The van der Waals surface area contributed by atoms with E-state index in [1.807, 2.05) is 36.0 Å². The highest BCUT2D eigenvalue weighted by atomic mass is 16.7. The third-order valence-corrected chi connectivity index (χ3v) is 4.45. The van der Waals surface area contributed by atoms with E-state index in [-0.39, 0.29) is 24.7 Å². The molecule has 2 atom stereocenters. The fourth-order valence-electron chi connectivity index (χ4n) is 3.14. The molecule has 0 radical (unpaired) electrons. The van der Waals surface area contributed by atoms with Gasteiger partial charge in [-0.05, 0) is 24.1 Å². The number of hydrogen-bond acceptors (Lipinski definition) is 5. The number of aryl methyl sites for hydroxylation is 1. The Balaban J connectivity index is 1.41. The van der Waals surface area contributed by atoms with Gasteiger partial charge in [0, 0.05) is 32.6 Å². The molecule has 1 amide bonds. The van der Waals surface area contributed by atoms with Gasteiger partial charge in [0.2, 0.25) is 12.7 Å². The summed E-state index contributed by atoms with van der Waals surface area (Å²) in [7, 11) is 1.91. The zero-order valence-corrected chi connectivity index (χ0v) is 13.4. The molecule has 2 aromatic rings. The number of fused-ring (bicyclic) bond motifs is 1. The lowest BCUT2D eigenvalue weighted by atomic mass is 9.99. The molecule has 7 nitrogen and oxygen atoms in total. The van der Waals surface area contributed by atoms with Crippen molar-refractivity contribution in [1.29, 1.82) is 0 Å². The second-order valence-corrected chi connectivity index (χ2v) is 5.99. The quantitative estimate of drug-likeness (QED) is 0.921. The van der Waals surface area contributed by atoms with Crippen LogP contribution in [0.3, 0.4) is 0 Å². The van der Waals surface area contributed by atoms with Crippen molar-refractivity contribution in [3.8, 4) is 11.5 Å². The van der Waals surface area contributed by atoms with Gasteiger partial charge in [0.15, 0.2) is 11.5 Å². The molecule has 0 spiro atoms. The standard InChI is InChI=1S/C17H19N3O4/c1-20-6-5-18-16(20)15-12(4-7-22-15)17(21)19-9-11-2-3-13-14(8-11)24-10-23-13/h2-3,5-6,8,12,15H,4,7,9-10H2,1H3,(H,19,21)/t12-,15-/m1/s1. The minimum atomic E-state index is -0.290. The Morgan fingerprint density at radius 1 is 1.38 bits per heavy atom. The van der Waals surface area contributed by atoms with Gasteiger partial charge in [0.05, 0.1) is 5.92 Å². The van der Waals surface area contributed by atoms with Crippen molar-refractivity contribution in [3.63, 3.8) is 0 Å². The Bertz CT molecular complexity index is 758. The zero-order valence-electron chi connectivity index (χ0n) is 13.4. The maximum absolute atomic E-state index is 12.6. The summed E-state index contributed by atoms with van der Waals surface area (Å²) in [5.74, 6) is 2.01. The lowest BCUT2D eigenvalue weighted by Crippen LogP contribution is -2.32. The van der Waals surface area contributed by atoms with E-state index in [2.05, 4.69) is 10.3 Å². The van der Waals surface area contributed by atoms with Crippen molar-refractivity contribution in [2.45, 2.75) is 19.1 Å². The predicted octanol–water partition coefficient (Wildman–Crippen LogP) is 1.54. The van der Waals surface area contributed by atoms with Gasteiger partial charge >= 0.3 is 0 Å². The molecule has 1 aromatic heterocycles. The SMILES string of the molecule is Cn1ccnc1[C@@H]1OCC[C@H]1C(=O)NCc1ccc2c(c1)OCO2. The first-order valence-electron chi connectivity index (χ1n) is 7.97. The molecule has 0 bridgehead atoms. The number of nitrogens with zero attached hydrogens (tertiary/aromatic N) is 2. The van der Waals surface area contributed by atoms with Crippen LogP contribution in [0.25, 0.3) is 0 Å². The number of carbonyl (C=O) groups is 1. The topological polar surface area (TPSA) is 74.6 Å². The molecular formula is C17H19N3O4. The maximum Gasteiger partial charge on any atom is 0.231 e. The molecule has 0 unspecified atom stereocenters. The first kappa shape index (κ1) is 15.0. The van der Waals surface area contributed by atoms with Crippen LogP contribution in [0.4, 0.5) is 0 Å². The fraction of sp³-hybridized carbons (Fsp3) is 0.412. The predicted molar refractivity (Wildman–Crippen MR) is 84.4 cm³/mol. The van der Waals surface area contributed by atoms with Crippen LogP contribution in [0.15, 0.2) is 30.6 Å². The van der Waals surface area contributed by atoms with E-state index in [9.17, 15) is 4.79 Å². The van der Waals surface area contributed by atoms with Crippen LogP contribution in [0.1, 0.15) is 23.9 Å². The molecule has 4 rings (SSSR count). The van der Waals surface area contributed by atoms with E-state index in [0.717, 1.165) is 22.9 Å². The molecule has 24 heavy (non-hydrogen) atoms. The van der Waals surface area contributed by atoms with E-state index >= 15 is 0 Å². The van der Waals surface area contributed by atoms with E-state index < -0.39 is 0 Å². The van der Waals surface area contributed by atoms with Gasteiger partial charge < -0.3 is 24.1 Å². The Morgan fingerprint density at radius 2 is 2.25 bits per heavy atom. The van der Waals surface area contributed by atoms with Crippen molar-refractivity contribution < 1.29 is 19.0 Å². The van der Waals surface area contributed by atoms with E-state index in [1.54, 1.807) is 6.20 Å². The third kappa shape index (κ3) is 2.71. The van der Waals surface area contributed by atoms with Crippen LogP contribution in [-0.4, -0.2) is 28.9 Å². The third-order valence-electron chi connectivity index (χ3n) is 4.45. The first-order chi connectivity index (χ1) is 11.7. The van der Waals surface area contributed by atoms with Crippen molar-refractivity contribution in [2.75, 3.05) is 13.4 Å². The number of ether oxygens (including phenoxy) is 3. The zero-order chi connectivity index (χ0) is 16.5. The monoisotopic (exact) mass is 329 g/mol. The highest BCUT2D eigenvalue weighted by Gasteiger charge is 2.37. The highest BCUT2D eigenvalue weighted by Crippen LogP contribution is 2.34. The number of rotatable bonds is 4. The van der Waals surface area contributed by atoms with Gasteiger partial charge in [0.1, 0.15) is 11.9 Å². The highest BCUT2D eigenvalue weighted by molar-refractivity contribution is 5.79. The molecule has 1 N–H and O–H groups in total. The summed E-state index contributed by atoms with van der Waals surface area (Å²) in [4.78, 5) is 16.9. The summed E-state index contributed by atoms with van der Waals surface area (Å²) in [6, 6.07) is 5.68. The lowest BCUT2D eigenvalue weighted by Gasteiger charge is -2.18. The van der Waals surface area contributed by atoms with Crippen LogP contribution < -0.4 is 14.8 Å². The molecule has 1 fully saturated rings. The summed E-state index contributed by atoms with van der Waals surface area (Å²) in [5.41, 5.74) is 0.972.